The van der Waals surface area contributed by atoms with Crippen molar-refractivity contribution in [3.05, 3.63) is 0 Å². The fraction of sp³-hybridized carbons (Fsp3) is 1.00. The van der Waals surface area contributed by atoms with E-state index in [0.717, 1.165) is 44.6 Å². The number of likely N-dealkylation sites (tertiary alicyclic amines) is 1. The molecular weight excluding hydrogens is 426 g/mol. The molecule has 8 N–H and O–H groups in total. The molecule has 10 heteroatoms. The summed E-state index contributed by atoms with van der Waals surface area (Å²) in [4.78, 5) is 2.63. The van der Waals surface area contributed by atoms with Gasteiger partial charge in [0.25, 0.3) is 0 Å². The topological polar surface area (TPSA) is 138 Å². The summed E-state index contributed by atoms with van der Waals surface area (Å²) in [5.74, 6) is 1.12. The van der Waals surface area contributed by atoms with E-state index in [-0.39, 0.29) is 30.7 Å². The van der Waals surface area contributed by atoms with Gasteiger partial charge in [0.15, 0.2) is 0 Å². The van der Waals surface area contributed by atoms with Crippen molar-refractivity contribution < 1.29 is 8.42 Å². The standard InChI is InChI=1S/C22H47N7O2S/c1-16-7-10-29(11-8-16)18-6-9-26-21(12-18)27-15-19(14-24)32(30,31)28-20-5-3-4-17(13-23)22(20)25-2/h16-22,25-28H,3-15,23-24H2,1-2H3. The molecule has 32 heavy (non-hydrogen) atoms. The van der Waals surface area contributed by atoms with Gasteiger partial charge in [-0.15, -0.1) is 0 Å². The molecule has 2 aliphatic heterocycles. The fourth-order valence-corrected chi connectivity index (χ4v) is 7.25. The highest BCUT2D eigenvalue weighted by molar-refractivity contribution is 7.90. The van der Waals surface area contributed by atoms with Gasteiger partial charge >= 0.3 is 0 Å². The smallest absolute Gasteiger partial charge is 0.217 e. The number of nitrogens with one attached hydrogen (secondary N) is 4. The fourth-order valence-electron chi connectivity index (χ4n) is 5.80. The lowest BCUT2D eigenvalue weighted by atomic mass is 9.81. The van der Waals surface area contributed by atoms with Crippen LogP contribution in [0.5, 0.6) is 0 Å². The van der Waals surface area contributed by atoms with Crippen LogP contribution in [0.1, 0.15) is 51.9 Å². The number of nitrogens with zero attached hydrogens (tertiary/aromatic N) is 1. The number of hydrogen-bond acceptors (Lipinski definition) is 8. The Morgan fingerprint density at radius 2 is 1.88 bits per heavy atom. The van der Waals surface area contributed by atoms with Gasteiger partial charge in [0.2, 0.25) is 10.0 Å². The Hall–Kier alpha value is -0.330. The van der Waals surface area contributed by atoms with Crippen molar-refractivity contribution in [3.63, 3.8) is 0 Å². The van der Waals surface area contributed by atoms with Crippen LogP contribution in [0.3, 0.4) is 0 Å². The zero-order valence-corrected chi connectivity index (χ0v) is 20.9. The zero-order valence-electron chi connectivity index (χ0n) is 20.1. The predicted octanol–water partition coefficient (Wildman–Crippen LogP) is -0.652. The normalized spacial score (nSPS) is 34.4. The van der Waals surface area contributed by atoms with Crippen molar-refractivity contribution in [2.24, 2.45) is 23.3 Å². The first-order valence-electron chi connectivity index (χ1n) is 12.7. The van der Waals surface area contributed by atoms with Gasteiger partial charge < -0.3 is 32.3 Å². The molecule has 0 aromatic heterocycles. The van der Waals surface area contributed by atoms with E-state index >= 15 is 0 Å². The number of piperidine rings is 2. The summed E-state index contributed by atoms with van der Waals surface area (Å²) in [7, 11) is -1.66. The van der Waals surface area contributed by atoms with Gasteiger partial charge in [0.1, 0.15) is 5.25 Å². The number of sulfonamides is 1. The number of nitrogens with two attached hydrogens (primary N) is 2. The molecule has 0 aromatic rings. The van der Waals surface area contributed by atoms with E-state index in [9.17, 15) is 8.42 Å². The molecule has 0 spiro atoms. The van der Waals surface area contributed by atoms with E-state index in [1.54, 1.807) is 0 Å². The number of hydrogen-bond donors (Lipinski definition) is 6. The Morgan fingerprint density at radius 3 is 2.53 bits per heavy atom. The third-order valence-corrected chi connectivity index (χ3v) is 9.86. The Bertz CT molecular complexity index is 657. The van der Waals surface area contributed by atoms with Crippen LogP contribution in [0.4, 0.5) is 0 Å². The molecule has 1 aliphatic carbocycles. The van der Waals surface area contributed by atoms with Gasteiger partial charge in [0.05, 0.1) is 6.17 Å². The lowest BCUT2D eigenvalue weighted by molar-refractivity contribution is 0.0976. The maximum absolute atomic E-state index is 13.2. The van der Waals surface area contributed by atoms with Crippen LogP contribution in [0.25, 0.3) is 0 Å². The average molecular weight is 474 g/mol. The summed E-state index contributed by atoms with van der Waals surface area (Å²) < 4.78 is 29.3. The van der Waals surface area contributed by atoms with Crippen molar-refractivity contribution in [2.45, 2.75) is 81.4 Å². The van der Waals surface area contributed by atoms with E-state index in [2.05, 4.69) is 32.5 Å². The summed E-state index contributed by atoms with van der Waals surface area (Å²) >= 11 is 0. The molecule has 6 unspecified atom stereocenters. The Morgan fingerprint density at radius 1 is 1.12 bits per heavy atom. The second kappa shape index (κ2) is 12.4. The molecule has 188 valence electrons. The SMILES string of the molecule is CNC1C(CN)CCCC1NS(=O)(=O)C(CN)CNC1CC(N2CCC(C)CC2)CCN1. The maximum atomic E-state index is 13.2. The molecule has 3 rings (SSSR count). The summed E-state index contributed by atoms with van der Waals surface area (Å²) in [6, 6.07) is 0.488. The second-order valence-corrected chi connectivity index (χ2v) is 12.2. The third kappa shape index (κ3) is 6.85. The molecule has 0 bridgehead atoms. The highest BCUT2D eigenvalue weighted by atomic mass is 32.2. The molecule has 0 aromatic carbocycles. The highest BCUT2D eigenvalue weighted by Crippen LogP contribution is 2.25. The minimum Gasteiger partial charge on any atom is -0.330 e. The third-order valence-electron chi connectivity index (χ3n) is 7.99. The molecule has 3 aliphatic rings. The highest BCUT2D eigenvalue weighted by Gasteiger charge is 2.36. The largest absolute Gasteiger partial charge is 0.330 e. The summed E-state index contributed by atoms with van der Waals surface area (Å²) in [6.07, 6.45) is 7.69. The van der Waals surface area contributed by atoms with Crippen LogP contribution in [0.15, 0.2) is 0 Å². The predicted molar refractivity (Wildman–Crippen MR) is 131 cm³/mol. The Balaban J connectivity index is 1.52. The minimum absolute atomic E-state index is 0.0583. The molecular formula is C22H47N7O2S. The van der Waals surface area contributed by atoms with Gasteiger partial charge in [-0.25, -0.2) is 13.1 Å². The molecule has 9 nitrogen and oxygen atoms in total. The van der Waals surface area contributed by atoms with E-state index in [1.807, 2.05) is 7.05 Å². The molecule has 0 amide bonds. The van der Waals surface area contributed by atoms with E-state index in [1.165, 1.54) is 25.9 Å². The van der Waals surface area contributed by atoms with Crippen LogP contribution in [0, 0.1) is 11.8 Å². The Labute approximate surface area is 195 Å². The van der Waals surface area contributed by atoms with Crippen LogP contribution >= 0.6 is 0 Å². The van der Waals surface area contributed by atoms with Gasteiger partial charge in [-0.05, 0) is 83.6 Å². The van der Waals surface area contributed by atoms with Crippen LogP contribution < -0.4 is 32.1 Å². The molecule has 2 heterocycles. The summed E-state index contributed by atoms with van der Waals surface area (Å²) in [6.45, 7) is 6.67. The summed E-state index contributed by atoms with van der Waals surface area (Å²) in [5.41, 5.74) is 11.9. The van der Waals surface area contributed by atoms with Crippen molar-refractivity contribution in [2.75, 3.05) is 46.3 Å². The van der Waals surface area contributed by atoms with Crippen LogP contribution in [-0.4, -0.2) is 89.2 Å². The van der Waals surface area contributed by atoms with Crippen LogP contribution in [-0.2, 0) is 10.0 Å². The van der Waals surface area contributed by atoms with Crippen LogP contribution in [0.2, 0.25) is 0 Å². The van der Waals surface area contributed by atoms with Gasteiger partial charge in [-0.1, -0.05) is 13.3 Å². The summed E-state index contributed by atoms with van der Waals surface area (Å²) in [5, 5.41) is 9.62. The number of likely N-dealkylation sites (N-methyl/N-ethyl adjacent to an activating group) is 1. The first-order chi connectivity index (χ1) is 15.4. The van der Waals surface area contributed by atoms with Crippen molar-refractivity contribution in [3.8, 4) is 0 Å². The molecule has 2 saturated heterocycles. The van der Waals surface area contributed by atoms with E-state index < -0.39 is 15.3 Å². The zero-order chi connectivity index (χ0) is 23.1. The lowest BCUT2D eigenvalue weighted by Crippen LogP contribution is -2.60. The lowest BCUT2D eigenvalue weighted by Gasteiger charge is -2.41. The maximum Gasteiger partial charge on any atom is 0.217 e. The van der Waals surface area contributed by atoms with Gasteiger partial charge in [0, 0.05) is 31.2 Å². The molecule has 3 fully saturated rings. The van der Waals surface area contributed by atoms with Crippen molar-refractivity contribution in [1.29, 1.82) is 0 Å². The van der Waals surface area contributed by atoms with E-state index in [4.69, 9.17) is 11.5 Å². The van der Waals surface area contributed by atoms with Crippen molar-refractivity contribution >= 4 is 10.0 Å². The quantitative estimate of drug-likeness (QED) is 0.246. The second-order valence-electron chi connectivity index (χ2n) is 10.2. The molecule has 1 saturated carbocycles. The van der Waals surface area contributed by atoms with Gasteiger partial charge in [-0.3, -0.25) is 0 Å². The minimum atomic E-state index is -3.54. The van der Waals surface area contributed by atoms with Crippen molar-refractivity contribution in [1.82, 2.24) is 25.6 Å². The first-order valence-corrected chi connectivity index (χ1v) is 14.2. The molecule has 6 atom stereocenters. The monoisotopic (exact) mass is 473 g/mol. The first kappa shape index (κ1) is 26.3. The molecule has 0 radical (unpaired) electrons. The Kier molecular flexibility index (Phi) is 10.2. The number of rotatable bonds is 10. The van der Waals surface area contributed by atoms with E-state index in [0.29, 0.717) is 19.1 Å². The average Bonchev–Trinajstić information content (AvgIpc) is 2.79. The van der Waals surface area contributed by atoms with Gasteiger partial charge in [-0.2, -0.15) is 0 Å².